The standard InChI is InChI=1S/C22H28N6O5/c1-30-18-12-16-17(13-19(18)33-7-3-4-28-5-8-32-9-6-28)23-14-24-22(16)25-20-10-15(26-27-20)11-21(29)31-2/h10,12-14H,3-9,11H2,1-2H3,(H2,23,24,25,26,27). The molecule has 1 saturated heterocycles. The number of nitrogens with one attached hydrogen (secondary N) is 2. The van der Waals surface area contributed by atoms with Crippen molar-refractivity contribution < 1.29 is 23.7 Å². The summed E-state index contributed by atoms with van der Waals surface area (Å²) in [6.07, 6.45) is 2.49. The van der Waals surface area contributed by atoms with Gasteiger partial charge in [-0.3, -0.25) is 14.8 Å². The molecule has 176 valence electrons. The van der Waals surface area contributed by atoms with E-state index in [0.29, 0.717) is 41.0 Å². The van der Waals surface area contributed by atoms with Crippen molar-refractivity contribution in [3.05, 3.63) is 30.2 Å². The third-order valence-electron chi connectivity index (χ3n) is 5.34. The van der Waals surface area contributed by atoms with Gasteiger partial charge in [-0.25, -0.2) is 9.97 Å². The number of aromatic amines is 1. The predicted octanol–water partition coefficient (Wildman–Crippen LogP) is 1.92. The third-order valence-corrected chi connectivity index (χ3v) is 5.34. The van der Waals surface area contributed by atoms with Gasteiger partial charge in [-0.1, -0.05) is 0 Å². The number of hydrogen-bond acceptors (Lipinski definition) is 10. The molecule has 0 spiro atoms. The van der Waals surface area contributed by atoms with Crippen molar-refractivity contribution in [3.63, 3.8) is 0 Å². The van der Waals surface area contributed by atoms with E-state index in [1.54, 1.807) is 13.2 Å². The number of ether oxygens (including phenoxy) is 4. The molecule has 2 aromatic heterocycles. The van der Waals surface area contributed by atoms with Crippen LogP contribution in [0.25, 0.3) is 10.9 Å². The van der Waals surface area contributed by atoms with Gasteiger partial charge >= 0.3 is 5.97 Å². The van der Waals surface area contributed by atoms with Gasteiger partial charge in [0.1, 0.15) is 12.1 Å². The van der Waals surface area contributed by atoms with E-state index in [0.717, 1.165) is 44.7 Å². The Morgan fingerprint density at radius 3 is 2.82 bits per heavy atom. The topological polar surface area (TPSA) is 124 Å². The Labute approximate surface area is 191 Å². The van der Waals surface area contributed by atoms with E-state index >= 15 is 0 Å². The van der Waals surface area contributed by atoms with Crippen molar-refractivity contribution >= 4 is 28.5 Å². The summed E-state index contributed by atoms with van der Waals surface area (Å²) in [6, 6.07) is 5.42. The Balaban J connectivity index is 1.44. The largest absolute Gasteiger partial charge is 0.493 e. The van der Waals surface area contributed by atoms with Gasteiger partial charge in [-0.2, -0.15) is 5.10 Å². The number of methoxy groups -OCH3 is 2. The summed E-state index contributed by atoms with van der Waals surface area (Å²) in [7, 11) is 2.95. The van der Waals surface area contributed by atoms with E-state index in [2.05, 4.69) is 35.1 Å². The monoisotopic (exact) mass is 456 g/mol. The van der Waals surface area contributed by atoms with Crippen LogP contribution in [-0.4, -0.2) is 84.7 Å². The van der Waals surface area contributed by atoms with Crippen molar-refractivity contribution in [2.24, 2.45) is 0 Å². The zero-order chi connectivity index (χ0) is 23.0. The average Bonchev–Trinajstić information content (AvgIpc) is 3.28. The Kier molecular flexibility index (Phi) is 7.53. The summed E-state index contributed by atoms with van der Waals surface area (Å²) in [6.45, 7) is 5.06. The summed E-state index contributed by atoms with van der Waals surface area (Å²) in [4.78, 5) is 22.6. The lowest BCUT2D eigenvalue weighted by molar-refractivity contribution is -0.139. The first-order valence-electron chi connectivity index (χ1n) is 10.8. The van der Waals surface area contributed by atoms with Crippen LogP contribution in [0.4, 0.5) is 11.6 Å². The first-order chi connectivity index (χ1) is 16.2. The Morgan fingerprint density at radius 2 is 2.03 bits per heavy atom. The first-order valence-corrected chi connectivity index (χ1v) is 10.8. The molecule has 0 unspecified atom stereocenters. The molecule has 0 radical (unpaired) electrons. The van der Waals surface area contributed by atoms with Gasteiger partial charge in [0.25, 0.3) is 0 Å². The second-order valence-corrected chi connectivity index (χ2v) is 7.55. The van der Waals surface area contributed by atoms with Crippen LogP contribution in [0.3, 0.4) is 0 Å². The maximum Gasteiger partial charge on any atom is 0.311 e. The molecule has 1 aliphatic heterocycles. The van der Waals surface area contributed by atoms with Crippen LogP contribution in [0.5, 0.6) is 11.5 Å². The van der Waals surface area contributed by atoms with Gasteiger partial charge < -0.3 is 24.3 Å². The summed E-state index contributed by atoms with van der Waals surface area (Å²) >= 11 is 0. The van der Waals surface area contributed by atoms with E-state index < -0.39 is 0 Å². The number of esters is 1. The van der Waals surface area contributed by atoms with Gasteiger partial charge in [0.2, 0.25) is 0 Å². The van der Waals surface area contributed by atoms with Crippen LogP contribution in [0, 0.1) is 0 Å². The number of anilines is 2. The molecule has 1 fully saturated rings. The molecule has 11 nitrogen and oxygen atoms in total. The minimum absolute atomic E-state index is 0.107. The molecule has 11 heteroatoms. The lowest BCUT2D eigenvalue weighted by Crippen LogP contribution is -2.37. The number of fused-ring (bicyclic) bond motifs is 1. The Bertz CT molecular complexity index is 1080. The fraction of sp³-hybridized carbons (Fsp3) is 0.455. The molecule has 0 atom stereocenters. The lowest BCUT2D eigenvalue weighted by Gasteiger charge is -2.26. The number of benzene rings is 1. The van der Waals surface area contributed by atoms with Crippen LogP contribution in [-0.2, 0) is 20.7 Å². The number of carbonyl (C=O) groups is 1. The zero-order valence-electron chi connectivity index (χ0n) is 18.8. The highest BCUT2D eigenvalue weighted by Crippen LogP contribution is 2.34. The molecule has 33 heavy (non-hydrogen) atoms. The minimum atomic E-state index is -0.347. The SMILES string of the molecule is COC(=O)Cc1cc(Nc2ncnc3cc(OCCCN4CCOCC4)c(OC)cc23)n[nH]1. The van der Waals surface area contributed by atoms with Crippen LogP contribution >= 0.6 is 0 Å². The van der Waals surface area contributed by atoms with Crippen molar-refractivity contribution in [1.29, 1.82) is 0 Å². The van der Waals surface area contributed by atoms with Crippen LogP contribution < -0.4 is 14.8 Å². The van der Waals surface area contributed by atoms with E-state index in [4.69, 9.17) is 14.2 Å². The molecule has 0 bridgehead atoms. The van der Waals surface area contributed by atoms with Gasteiger partial charge in [0, 0.05) is 42.8 Å². The number of H-pyrrole nitrogens is 1. The van der Waals surface area contributed by atoms with Gasteiger partial charge in [0.05, 0.1) is 46.0 Å². The number of nitrogens with zero attached hydrogens (tertiary/aromatic N) is 4. The smallest absolute Gasteiger partial charge is 0.311 e. The highest BCUT2D eigenvalue weighted by atomic mass is 16.5. The molecule has 3 heterocycles. The maximum absolute atomic E-state index is 11.5. The second-order valence-electron chi connectivity index (χ2n) is 7.55. The second kappa shape index (κ2) is 10.9. The van der Waals surface area contributed by atoms with Crippen molar-refractivity contribution in [3.8, 4) is 11.5 Å². The van der Waals surface area contributed by atoms with E-state index in [1.807, 2.05) is 12.1 Å². The third kappa shape index (κ3) is 5.88. The fourth-order valence-electron chi connectivity index (χ4n) is 3.60. The van der Waals surface area contributed by atoms with Gasteiger partial charge in [-0.05, 0) is 12.5 Å². The molecular weight excluding hydrogens is 428 g/mol. The molecular formula is C22H28N6O5. The molecule has 0 aliphatic carbocycles. The van der Waals surface area contributed by atoms with E-state index in [1.165, 1.54) is 13.4 Å². The molecule has 0 amide bonds. The van der Waals surface area contributed by atoms with Crippen molar-refractivity contribution in [2.45, 2.75) is 12.8 Å². The van der Waals surface area contributed by atoms with E-state index in [-0.39, 0.29) is 12.4 Å². The highest BCUT2D eigenvalue weighted by molar-refractivity contribution is 5.92. The normalized spacial score (nSPS) is 14.2. The number of morpholine rings is 1. The Hall–Kier alpha value is -3.44. The molecule has 1 aromatic carbocycles. The summed E-state index contributed by atoms with van der Waals surface area (Å²) < 4.78 is 21.6. The predicted molar refractivity (Wildman–Crippen MR) is 121 cm³/mol. The maximum atomic E-state index is 11.5. The Morgan fingerprint density at radius 1 is 1.18 bits per heavy atom. The molecule has 3 aromatic rings. The summed E-state index contributed by atoms with van der Waals surface area (Å²) in [5, 5.41) is 10.9. The fourth-order valence-corrected chi connectivity index (χ4v) is 3.60. The zero-order valence-corrected chi connectivity index (χ0v) is 18.8. The average molecular weight is 457 g/mol. The van der Waals surface area contributed by atoms with Crippen LogP contribution in [0.2, 0.25) is 0 Å². The van der Waals surface area contributed by atoms with Crippen molar-refractivity contribution in [2.75, 3.05) is 59.0 Å². The minimum Gasteiger partial charge on any atom is -0.493 e. The van der Waals surface area contributed by atoms with Gasteiger partial charge in [0.15, 0.2) is 17.3 Å². The number of rotatable bonds is 10. The quantitative estimate of drug-likeness (QED) is 0.345. The van der Waals surface area contributed by atoms with Crippen LogP contribution in [0.15, 0.2) is 24.5 Å². The number of carbonyl (C=O) groups excluding carboxylic acids is 1. The molecule has 2 N–H and O–H groups in total. The summed E-state index contributed by atoms with van der Waals surface area (Å²) in [5.41, 5.74) is 1.34. The molecule has 4 rings (SSSR count). The number of hydrogen-bond donors (Lipinski definition) is 2. The highest BCUT2D eigenvalue weighted by Gasteiger charge is 2.14. The first kappa shape index (κ1) is 22.7. The molecule has 1 aliphatic rings. The van der Waals surface area contributed by atoms with Crippen LogP contribution in [0.1, 0.15) is 12.1 Å². The lowest BCUT2D eigenvalue weighted by atomic mass is 10.2. The molecule has 0 saturated carbocycles. The van der Waals surface area contributed by atoms with E-state index in [9.17, 15) is 4.79 Å². The summed E-state index contributed by atoms with van der Waals surface area (Å²) in [5.74, 6) is 1.97. The van der Waals surface area contributed by atoms with Crippen molar-refractivity contribution in [1.82, 2.24) is 25.1 Å². The van der Waals surface area contributed by atoms with Gasteiger partial charge in [-0.15, -0.1) is 0 Å². The number of aromatic nitrogens is 4.